The third-order valence-corrected chi connectivity index (χ3v) is 3.94. The summed E-state index contributed by atoms with van der Waals surface area (Å²) in [6, 6.07) is 0. The fraction of sp³-hybridized carbons (Fsp3) is 0.800. The fourth-order valence-electron chi connectivity index (χ4n) is 1.78. The maximum Gasteiger partial charge on any atom is 0.190 e. The zero-order valence-corrected chi connectivity index (χ0v) is 10.4. The Morgan fingerprint density at radius 2 is 2.44 bits per heavy atom. The average Bonchev–Trinajstić information content (AvgIpc) is 2.90. The molecule has 2 N–H and O–H groups in total. The van der Waals surface area contributed by atoms with E-state index in [9.17, 15) is 0 Å². The summed E-state index contributed by atoms with van der Waals surface area (Å²) in [5.41, 5.74) is 5.54. The maximum absolute atomic E-state index is 5.54. The summed E-state index contributed by atoms with van der Waals surface area (Å²) >= 11 is 1.75. The smallest absolute Gasteiger partial charge is 0.190 e. The monoisotopic (exact) mass is 242 g/mol. The number of nitrogens with zero attached hydrogens (tertiary/aromatic N) is 3. The molecule has 0 bridgehead atoms. The Bertz CT molecular complexity index is 336. The number of hydrogen-bond acceptors (Lipinski definition) is 5. The predicted octanol–water partition coefficient (Wildman–Crippen LogP) is 0.792. The van der Waals surface area contributed by atoms with Gasteiger partial charge < -0.3 is 15.0 Å². The number of thioether (sulfide) groups is 1. The molecule has 16 heavy (non-hydrogen) atoms. The van der Waals surface area contributed by atoms with Gasteiger partial charge in [0.1, 0.15) is 5.82 Å². The van der Waals surface area contributed by atoms with Crippen LogP contribution in [0.2, 0.25) is 0 Å². The molecule has 1 atom stereocenters. The second-order valence-electron chi connectivity index (χ2n) is 4.03. The molecule has 5 nitrogen and oxygen atoms in total. The van der Waals surface area contributed by atoms with E-state index in [1.807, 2.05) is 11.6 Å². The number of aromatic nitrogens is 3. The molecule has 2 heterocycles. The molecule has 1 aliphatic rings. The molecule has 0 unspecified atom stereocenters. The first kappa shape index (κ1) is 11.9. The van der Waals surface area contributed by atoms with Crippen molar-refractivity contribution < 1.29 is 4.74 Å². The van der Waals surface area contributed by atoms with Crippen LogP contribution >= 0.6 is 11.8 Å². The molecule has 1 aliphatic heterocycles. The van der Waals surface area contributed by atoms with Gasteiger partial charge in [-0.25, -0.2) is 0 Å². The molecule has 0 spiro atoms. The second kappa shape index (κ2) is 5.65. The van der Waals surface area contributed by atoms with Gasteiger partial charge in [-0.3, -0.25) is 0 Å². The number of ether oxygens (including phenoxy) is 1. The summed E-state index contributed by atoms with van der Waals surface area (Å²) in [5, 5.41) is 9.10. The topological polar surface area (TPSA) is 66.0 Å². The van der Waals surface area contributed by atoms with Gasteiger partial charge in [0.15, 0.2) is 5.16 Å². The van der Waals surface area contributed by atoms with Crippen LogP contribution in [0.5, 0.6) is 0 Å². The van der Waals surface area contributed by atoms with Gasteiger partial charge in [-0.05, 0) is 18.8 Å². The summed E-state index contributed by atoms with van der Waals surface area (Å²) in [6.45, 7) is 2.30. The van der Waals surface area contributed by atoms with Crippen LogP contribution in [0.3, 0.4) is 0 Å². The Morgan fingerprint density at radius 3 is 3.06 bits per heavy atom. The third kappa shape index (κ3) is 2.75. The van der Waals surface area contributed by atoms with E-state index < -0.39 is 0 Å². The second-order valence-corrected chi connectivity index (χ2v) is 5.09. The zero-order valence-electron chi connectivity index (χ0n) is 9.56. The van der Waals surface area contributed by atoms with Gasteiger partial charge in [0.2, 0.25) is 0 Å². The number of rotatable bonds is 5. The minimum Gasteiger partial charge on any atom is -0.381 e. The zero-order chi connectivity index (χ0) is 11.4. The first-order chi connectivity index (χ1) is 7.81. The summed E-state index contributed by atoms with van der Waals surface area (Å²) in [6.07, 6.45) is 2.39. The summed E-state index contributed by atoms with van der Waals surface area (Å²) in [4.78, 5) is 0. The highest BCUT2D eigenvalue weighted by atomic mass is 32.2. The van der Waals surface area contributed by atoms with Gasteiger partial charge in [-0.15, -0.1) is 10.2 Å². The normalized spacial score (nSPS) is 20.5. The van der Waals surface area contributed by atoms with Crippen molar-refractivity contribution in [3.8, 4) is 0 Å². The van der Waals surface area contributed by atoms with Crippen molar-refractivity contribution in [3.05, 3.63) is 5.82 Å². The fourth-order valence-corrected chi connectivity index (χ4v) is 2.81. The van der Waals surface area contributed by atoms with Crippen LogP contribution in [-0.2, 0) is 18.3 Å². The minimum atomic E-state index is 0.445. The molecule has 2 rings (SSSR count). The predicted molar refractivity (Wildman–Crippen MR) is 63.2 cm³/mol. The van der Waals surface area contributed by atoms with Crippen molar-refractivity contribution in [2.45, 2.75) is 24.5 Å². The maximum atomic E-state index is 5.54. The molecule has 1 aromatic heterocycles. The van der Waals surface area contributed by atoms with Crippen molar-refractivity contribution >= 4 is 11.8 Å². The molecule has 0 aromatic carbocycles. The quantitative estimate of drug-likeness (QED) is 0.773. The van der Waals surface area contributed by atoms with E-state index in [0.29, 0.717) is 6.54 Å². The lowest BCUT2D eigenvalue weighted by molar-refractivity contribution is 0.185. The lowest BCUT2D eigenvalue weighted by Gasteiger charge is -2.06. The Kier molecular flexibility index (Phi) is 4.20. The molecule has 90 valence electrons. The SMILES string of the molecule is Cn1c(CN)nnc1SCC[C@@H]1CCOC1. The Hall–Kier alpha value is -0.590. The van der Waals surface area contributed by atoms with E-state index in [4.69, 9.17) is 10.5 Å². The number of hydrogen-bond donors (Lipinski definition) is 1. The van der Waals surface area contributed by atoms with E-state index in [0.717, 1.165) is 35.9 Å². The van der Waals surface area contributed by atoms with E-state index in [2.05, 4.69) is 10.2 Å². The highest BCUT2D eigenvalue weighted by molar-refractivity contribution is 7.99. The average molecular weight is 242 g/mol. The first-order valence-corrected chi connectivity index (χ1v) is 6.58. The van der Waals surface area contributed by atoms with Crippen molar-refractivity contribution in [1.29, 1.82) is 0 Å². The molecule has 1 aromatic rings. The minimum absolute atomic E-state index is 0.445. The summed E-state index contributed by atoms with van der Waals surface area (Å²) in [5.74, 6) is 2.64. The lowest BCUT2D eigenvalue weighted by Crippen LogP contribution is -2.05. The van der Waals surface area contributed by atoms with Gasteiger partial charge in [0, 0.05) is 26.0 Å². The largest absolute Gasteiger partial charge is 0.381 e. The van der Waals surface area contributed by atoms with E-state index in [-0.39, 0.29) is 0 Å². The Balaban J connectivity index is 1.78. The lowest BCUT2D eigenvalue weighted by atomic mass is 10.1. The van der Waals surface area contributed by atoms with Crippen LogP contribution in [0, 0.1) is 5.92 Å². The molecular formula is C10H18N4OS. The van der Waals surface area contributed by atoms with Crippen LogP contribution < -0.4 is 5.73 Å². The summed E-state index contributed by atoms with van der Waals surface area (Å²) in [7, 11) is 1.96. The van der Waals surface area contributed by atoms with E-state index in [1.54, 1.807) is 11.8 Å². The molecule has 0 saturated carbocycles. The van der Waals surface area contributed by atoms with Crippen LogP contribution in [-0.4, -0.2) is 33.7 Å². The third-order valence-electron chi connectivity index (χ3n) is 2.89. The Labute approximate surface area is 99.7 Å². The molecular weight excluding hydrogens is 224 g/mol. The van der Waals surface area contributed by atoms with Gasteiger partial charge in [0.25, 0.3) is 0 Å². The molecule has 0 aliphatic carbocycles. The van der Waals surface area contributed by atoms with Gasteiger partial charge in [-0.2, -0.15) is 0 Å². The molecule has 1 saturated heterocycles. The first-order valence-electron chi connectivity index (χ1n) is 5.60. The van der Waals surface area contributed by atoms with Crippen LogP contribution in [0.25, 0.3) is 0 Å². The van der Waals surface area contributed by atoms with E-state index in [1.165, 1.54) is 12.8 Å². The van der Waals surface area contributed by atoms with Crippen LogP contribution in [0.1, 0.15) is 18.7 Å². The van der Waals surface area contributed by atoms with Crippen molar-refractivity contribution in [2.75, 3.05) is 19.0 Å². The van der Waals surface area contributed by atoms with Crippen LogP contribution in [0.15, 0.2) is 5.16 Å². The Morgan fingerprint density at radius 1 is 1.56 bits per heavy atom. The molecule has 6 heteroatoms. The van der Waals surface area contributed by atoms with Crippen molar-refractivity contribution in [2.24, 2.45) is 18.7 Å². The van der Waals surface area contributed by atoms with E-state index >= 15 is 0 Å². The number of nitrogens with two attached hydrogens (primary N) is 1. The highest BCUT2D eigenvalue weighted by Gasteiger charge is 2.16. The van der Waals surface area contributed by atoms with Crippen molar-refractivity contribution in [1.82, 2.24) is 14.8 Å². The molecule has 0 radical (unpaired) electrons. The molecule has 1 fully saturated rings. The summed E-state index contributed by atoms with van der Waals surface area (Å²) < 4.78 is 7.31. The van der Waals surface area contributed by atoms with Gasteiger partial charge >= 0.3 is 0 Å². The van der Waals surface area contributed by atoms with Crippen molar-refractivity contribution in [3.63, 3.8) is 0 Å². The molecule has 0 amide bonds. The van der Waals surface area contributed by atoms with Gasteiger partial charge in [-0.1, -0.05) is 11.8 Å². The van der Waals surface area contributed by atoms with Crippen LogP contribution in [0.4, 0.5) is 0 Å². The standard InChI is InChI=1S/C10H18N4OS/c1-14-9(6-11)12-13-10(14)16-5-3-8-2-4-15-7-8/h8H,2-7,11H2,1H3/t8-/m0/s1. The highest BCUT2D eigenvalue weighted by Crippen LogP contribution is 2.22. The van der Waals surface area contributed by atoms with Gasteiger partial charge in [0.05, 0.1) is 6.54 Å².